The van der Waals surface area contributed by atoms with Crippen LogP contribution in [0.1, 0.15) is 11.1 Å². The van der Waals surface area contributed by atoms with Gasteiger partial charge in [-0.05, 0) is 31.5 Å². The third kappa shape index (κ3) is 2.52. The molecule has 0 spiro atoms. The Balaban J connectivity index is 2.08. The highest BCUT2D eigenvalue weighted by Crippen LogP contribution is 2.31. The van der Waals surface area contributed by atoms with E-state index in [9.17, 15) is 10.1 Å². The van der Waals surface area contributed by atoms with Crippen LogP contribution in [-0.4, -0.2) is 15.1 Å². The Morgan fingerprint density at radius 2 is 1.78 bits per heavy atom. The minimum absolute atomic E-state index is 0.0161. The first-order chi connectivity index (χ1) is 11.0. The molecule has 2 aromatic carbocycles. The number of nitrogens with zero attached hydrogens (tertiary/aromatic N) is 3. The van der Waals surface area contributed by atoms with Crippen LogP contribution in [0.3, 0.4) is 0 Å². The molecule has 7 nitrogen and oxygen atoms in total. The topological polar surface area (TPSA) is 108 Å². The largest absolute Gasteiger partial charge is 0.398 e. The van der Waals surface area contributed by atoms with Crippen LogP contribution >= 0.6 is 0 Å². The molecule has 1 heterocycles. The number of hydrogen-bond donors (Lipinski definition) is 1. The van der Waals surface area contributed by atoms with Gasteiger partial charge >= 0.3 is 0 Å². The molecule has 0 fully saturated rings. The standard InChI is InChI=1S/C16H14N4O3/c1-9-11(5-3-7-13(9)17)15-18-16(23-19-15)12-6-4-8-14(10(12)2)20(21)22/h3-8H,17H2,1-2H3. The van der Waals surface area contributed by atoms with Crippen molar-refractivity contribution < 1.29 is 9.45 Å². The highest BCUT2D eigenvalue weighted by Gasteiger charge is 2.19. The summed E-state index contributed by atoms with van der Waals surface area (Å²) in [6.45, 7) is 3.53. The van der Waals surface area contributed by atoms with E-state index in [4.69, 9.17) is 10.3 Å². The van der Waals surface area contributed by atoms with Gasteiger partial charge in [-0.3, -0.25) is 10.1 Å². The molecule has 23 heavy (non-hydrogen) atoms. The Kier molecular flexibility index (Phi) is 3.53. The lowest BCUT2D eigenvalue weighted by Crippen LogP contribution is -1.94. The van der Waals surface area contributed by atoms with Gasteiger partial charge in [-0.25, -0.2) is 0 Å². The fourth-order valence-corrected chi connectivity index (χ4v) is 2.39. The zero-order valence-corrected chi connectivity index (χ0v) is 12.6. The lowest BCUT2D eigenvalue weighted by Gasteiger charge is -2.03. The van der Waals surface area contributed by atoms with Crippen molar-refractivity contribution in [2.75, 3.05) is 5.73 Å². The van der Waals surface area contributed by atoms with Crippen molar-refractivity contribution in [1.82, 2.24) is 10.1 Å². The molecule has 0 radical (unpaired) electrons. The maximum atomic E-state index is 11.0. The summed E-state index contributed by atoms with van der Waals surface area (Å²) in [5, 5.41) is 15.0. The molecule has 3 rings (SSSR count). The van der Waals surface area contributed by atoms with E-state index in [0.29, 0.717) is 22.6 Å². The van der Waals surface area contributed by atoms with Gasteiger partial charge in [0.1, 0.15) is 0 Å². The first kappa shape index (κ1) is 14.7. The molecule has 0 saturated carbocycles. The van der Waals surface area contributed by atoms with Gasteiger partial charge in [0.25, 0.3) is 11.6 Å². The Morgan fingerprint density at radius 1 is 1.09 bits per heavy atom. The van der Waals surface area contributed by atoms with Crippen molar-refractivity contribution in [3.63, 3.8) is 0 Å². The van der Waals surface area contributed by atoms with E-state index in [2.05, 4.69) is 10.1 Å². The minimum atomic E-state index is -0.432. The van der Waals surface area contributed by atoms with Crippen LogP contribution in [0, 0.1) is 24.0 Å². The van der Waals surface area contributed by atoms with E-state index >= 15 is 0 Å². The Morgan fingerprint density at radius 3 is 2.52 bits per heavy atom. The number of nitro benzene ring substituents is 1. The van der Waals surface area contributed by atoms with Crippen LogP contribution in [0.2, 0.25) is 0 Å². The Hall–Kier alpha value is -3.22. The van der Waals surface area contributed by atoms with E-state index in [0.717, 1.165) is 11.1 Å². The number of nitrogens with two attached hydrogens (primary N) is 1. The maximum absolute atomic E-state index is 11.0. The molecular weight excluding hydrogens is 296 g/mol. The smallest absolute Gasteiger partial charge is 0.273 e. The van der Waals surface area contributed by atoms with Crippen LogP contribution in [0.4, 0.5) is 11.4 Å². The van der Waals surface area contributed by atoms with Gasteiger partial charge in [0.15, 0.2) is 0 Å². The van der Waals surface area contributed by atoms with Crippen molar-refractivity contribution in [1.29, 1.82) is 0 Å². The number of rotatable bonds is 3. The summed E-state index contributed by atoms with van der Waals surface area (Å²) in [5.41, 5.74) is 9.20. The molecule has 0 bridgehead atoms. The maximum Gasteiger partial charge on any atom is 0.273 e. The van der Waals surface area contributed by atoms with Gasteiger partial charge in [-0.1, -0.05) is 23.4 Å². The number of benzene rings is 2. The fraction of sp³-hybridized carbons (Fsp3) is 0.125. The average molecular weight is 310 g/mol. The summed E-state index contributed by atoms with van der Waals surface area (Å²) in [5.74, 6) is 0.638. The fourth-order valence-electron chi connectivity index (χ4n) is 2.39. The lowest BCUT2D eigenvalue weighted by atomic mass is 10.1. The summed E-state index contributed by atoms with van der Waals surface area (Å²) in [6.07, 6.45) is 0. The molecule has 1 aromatic heterocycles. The summed E-state index contributed by atoms with van der Waals surface area (Å²) < 4.78 is 5.29. The van der Waals surface area contributed by atoms with E-state index in [1.165, 1.54) is 6.07 Å². The predicted octanol–water partition coefficient (Wildman–Crippen LogP) is 3.51. The molecule has 3 aromatic rings. The normalized spacial score (nSPS) is 10.7. The molecule has 7 heteroatoms. The van der Waals surface area contributed by atoms with E-state index in [-0.39, 0.29) is 11.6 Å². The number of aromatic nitrogens is 2. The monoisotopic (exact) mass is 310 g/mol. The molecule has 0 unspecified atom stereocenters. The van der Waals surface area contributed by atoms with Gasteiger partial charge in [-0.15, -0.1) is 0 Å². The second-order valence-corrected chi connectivity index (χ2v) is 5.15. The minimum Gasteiger partial charge on any atom is -0.398 e. The van der Waals surface area contributed by atoms with Crippen LogP contribution in [0.25, 0.3) is 22.8 Å². The van der Waals surface area contributed by atoms with Gasteiger partial charge in [0, 0.05) is 28.4 Å². The zero-order chi connectivity index (χ0) is 16.6. The highest BCUT2D eigenvalue weighted by molar-refractivity contribution is 5.70. The third-order valence-corrected chi connectivity index (χ3v) is 3.77. The summed E-state index contributed by atoms with van der Waals surface area (Å²) in [7, 11) is 0. The van der Waals surface area contributed by atoms with Crippen molar-refractivity contribution in [2.45, 2.75) is 13.8 Å². The van der Waals surface area contributed by atoms with Crippen molar-refractivity contribution in [2.24, 2.45) is 0 Å². The second kappa shape index (κ2) is 5.53. The summed E-state index contributed by atoms with van der Waals surface area (Å²) in [6, 6.07) is 10.2. The van der Waals surface area contributed by atoms with Crippen LogP contribution in [0.5, 0.6) is 0 Å². The Labute approximate surface area is 131 Å². The van der Waals surface area contributed by atoms with Gasteiger partial charge in [0.05, 0.1) is 4.92 Å². The number of anilines is 1. The molecule has 0 amide bonds. The van der Waals surface area contributed by atoms with Crippen molar-refractivity contribution in [3.05, 3.63) is 57.6 Å². The summed E-state index contributed by atoms with van der Waals surface area (Å²) >= 11 is 0. The Bertz CT molecular complexity index is 902. The lowest BCUT2D eigenvalue weighted by molar-refractivity contribution is -0.385. The van der Waals surface area contributed by atoms with Crippen LogP contribution < -0.4 is 5.73 Å². The molecule has 0 saturated heterocycles. The van der Waals surface area contributed by atoms with E-state index in [1.54, 1.807) is 25.1 Å². The SMILES string of the molecule is Cc1c(N)cccc1-c1noc(-c2cccc([N+](=O)[O-])c2C)n1. The third-order valence-electron chi connectivity index (χ3n) is 3.77. The van der Waals surface area contributed by atoms with Crippen molar-refractivity contribution >= 4 is 11.4 Å². The van der Waals surface area contributed by atoms with Gasteiger partial charge < -0.3 is 10.3 Å². The average Bonchev–Trinajstić information content (AvgIpc) is 2.99. The molecule has 0 aliphatic rings. The van der Waals surface area contributed by atoms with Crippen LogP contribution in [0.15, 0.2) is 40.9 Å². The first-order valence-electron chi connectivity index (χ1n) is 6.92. The quantitative estimate of drug-likeness (QED) is 0.450. The molecule has 116 valence electrons. The zero-order valence-electron chi connectivity index (χ0n) is 12.6. The van der Waals surface area contributed by atoms with E-state index < -0.39 is 4.92 Å². The predicted molar refractivity (Wildman–Crippen MR) is 85.7 cm³/mol. The molecule has 2 N–H and O–H groups in total. The molecule has 0 aliphatic heterocycles. The van der Waals surface area contributed by atoms with E-state index in [1.807, 2.05) is 19.1 Å². The second-order valence-electron chi connectivity index (χ2n) is 5.15. The number of hydrogen-bond acceptors (Lipinski definition) is 6. The highest BCUT2D eigenvalue weighted by atomic mass is 16.6. The molecule has 0 atom stereocenters. The molecule has 0 aliphatic carbocycles. The molecular formula is C16H14N4O3. The number of nitro groups is 1. The van der Waals surface area contributed by atoms with Gasteiger partial charge in [0.2, 0.25) is 5.82 Å². The van der Waals surface area contributed by atoms with Gasteiger partial charge in [-0.2, -0.15) is 4.98 Å². The first-order valence-corrected chi connectivity index (χ1v) is 6.92. The number of nitrogen functional groups attached to an aromatic ring is 1. The summed E-state index contributed by atoms with van der Waals surface area (Å²) in [4.78, 5) is 15.0. The van der Waals surface area contributed by atoms with Crippen molar-refractivity contribution in [3.8, 4) is 22.8 Å². The van der Waals surface area contributed by atoms with Crippen LogP contribution in [-0.2, 0) is 0 Å².